The number of rotatable bonds is 4. The number of carbonyl (C=O) groups is 1. The summed E-state index contributed by atoms with van der Waals surface area (Å²) in [4.78, 5) is 35.0. The second-order valence-corrected chi connectivity index (χ2v) is 6.75. The van der Waals surface area contributed by atoms with Gasteiger partial charge in [0, 0.05) is 54.6 Å². The van der Waals surface area contributed by atoms with Crippen molar-refractivity contribution >= 4 is 45.0 Å². The minimum absolute atomic E-state index is 0.129. The molecule has 4 rings (SSSR count). The molecule has 7 heteroatoms. The number of halogens is 1. The summed E-state index contributed by atoms with van der Waals surface area (Å²) in [7, 11) is 0. The van der Waals surface area contributed by atoms with Crippen molar-refractivity contribution in [3.63, 3.8) is 0 Å². The fourth-order valence-corrected chi connectivity index (χ4v) is 3.39. The highest BCUT2D eigenvalue weighted by Crippen LogP contribution is 2.18. The maximum atomic E-state index is 12.9. The van der Waals surface area contributed by atoms with Gasteiger partial charge in [-0.25, -0.2) is 4.98 Å². The zero-order chi connectivity index (χ0) is 18.1. The largest absolute Gasteiger partial charge is 0.368 e. The molecule has 0 radical (unpaired) electrons. The van der Waals surface area contributed by atoms with E-state index in [0.29, 0.717) is 46.6 Å². The Labute approximate surface area is 154 Å². The average Bonchev–Trinajstić information content (AvgIpc) is 2.99. The van der Waals surface area contributed by atoms with Crippen LogP contribution in [0.5, 0.6) is 0 Å². The van der Waals surface area contributed by atoms with Gasteiger partial charge in [0.25, 0.3) is 0 Å². The zero-order valence-electron chi connectivity index (χ0n) is 14.0. The van der Waals surface area contributed by atoms with Crippen LogP contribution in [0.3, 0.4) is 0 Å². The predicted molar refractivity (Wildman–Crippen MR) is 103 cm³/mol. The van der Waals surface area contributed by atoms with Crippen LogP contribution >= 0.6 is 11.6 Å². The Bertz CT molecular complexity index is 1070. The van der Waals surface area contributed by atoms with E-state index in [1.165, 1.54) is 6.20 Å². The molecular weight excluding hydrogens is 352 g/mol. The van der Waals surface area contributed by atoms with Crippen molar-refractivity contribution in [1.82, 2.24) is 14.9 Å². The Morgan fingerprint density at radius 2 is 2.00 bits per heavy atom. The number of anilines is 1. The van der Waals surface area contributed by atoms with E-state index in [1.807, 2.05) is 11.0 Å². The van der Waals surface area contributed by atoms with E-state index in [4.69, 9.17) is 11.6 Å². The maximum absolute atomic E-state index is 12.9. The standard InChI is InChI=1S/C19H17ClN4O2/c20-13-8-15-16(22-11-13)4-3-12-10-23-17(9-14(12)19(15)26)21-5-7-24-6-1-2-18(24)25/h3-4,8-11H,1-2,5-7H2,(H,21,23). The number of nitrogens with one attached hydrogen (secondary N) is 1. The molecule has 1 aromatic carbocycles. The van der Waals surface area contributed by atoms with Gasteiger partial charge in [-0.1, -0.05) is 17.7 Å². The van der Waals surface area contributed by atoms with Crippen LogP contribution < -0.4 is 10.7 Å². The monoisotopic (exact) mass is 368 g/mol. The number of hydrogen-bond acceptors (Lipinski definition) is 5. The van der Waals surface area contributed by atoms with Crippen LogP contribution in [0.1, 0.15) is 12.8 Å². The lowest BCUT2D eigenvalue weighted by Crippen LogP contribution is -2.30. The van der Waals surface area contributed by atoms with Gasteiger partial charge in [0.15, 0.2) is 5.43 Å². The quantitative estimate of drug-likeness (QED) is 0.766. The summed E-state index contributed by atoms with van der Waals surface area (Å²) >= 11 is 6.00. The van der Waals surface area contributed by atoms with Crippen molar-refractivity contribution in [3.8, 4) is 0 Å². The van der Waals surface area contributed by atoms with Crippen molar-refractivity contribution < 1.29 is 4.79 Å². The highest BCUT2D eigenvalue weighted by molar-refractivity contribution is 6.31. The predicted octanol–water partition coefficient (Wildman–Crippen LogP) is 2.83. The number of nitrogens with zero attached hydrogens (tertiary/aromatic N) is 3. The number of hydrogen-bond donors (Lipinski definition) is 1. The van der Waals surface area contributed by atoms with Crippen LogP contribution in [0.2, 0.25) is 5.02 Å². The van der Waals surface area contributed by atoms with Gasteiger partial charge in [0.05, 0.1) is 10.5 Å². The molecule has 0 atom stereocenters. The summed E-state index contributed by atoms with van der Waals surface area (Å²) in [6.45, 7) is 2.03. The van der Waals surface area contributed by atoms with Crippen molar-refractivity contribution in [2.75, 3.05) is 25.0 Å². The van der Waals surface area contributed by atoms with Gasteiger partial charge in [-0.3, -0.25) is 14.6 Å². The molecule has 0 bridgehead atoms. The summed E-state index contributed by atoms with van der Waals surface area (Å²) in [6.07, 6.45) is 4.75. The van der Waals surface area contributed by atoms with Crippen LogP contribution in [0.4, 0.5) is 5.82 Å². The molecule has 26 heavy (non-hydrogen) atoms. The summed E-state index contributed by atoms with van der Waals surface area (Å²) in [5.41, 5.74) is 0.466. The second-order valence-electron chi connectivity index (χ2n) is 6.32. The van der Waals surface area contributed by atoms with E-state index in [0.717, 1.165) is 18.4 Å². The first kappa shape index (κ1) is 16.7. The first-order valence-corrected chi connectivity index (χ1v) is 8.89. The lowest BCUT2D eigenvalue weighted by molar-refractivity contribution is -0.127. The summed E-state index contributed by atoms with van der Waals surface area (Å²) in [5, 5.41) is 5.40. The Kier molecular flexibility index (Phi) is 4.42. The second kappa shape index (κ2) is 6.88. The molecule has 0 saturated carbocycles. The molecule has 0 aliphatic carbocycles. The Balaban J connectivity index is 1.65. The van der Waals surface area contributed by atoms with E-state index < -0.39 is 0 Å². The van der Waals surface area contributed by atoms with E-state index in [2.05, 4.69) is 15.3 Å². The molecule has 2 aromatic heterocycles. The average molecular weight is 369 g/mol. The van der Waals surface area contributed by atoms with Crippen LogP contribution in [-0.2, 0) is 4.79 Å². The van der Waals surface area contributed by atoms with Crippen molar-refractivity contribution in [3.05, 3.63) is 51.9 Å². The summed E-state index contributed by atoms with van der Waals surface area (Å²) in [5.74, 6) is 0.804. The van der Waals surface area contributed by atoms with Crippen LogP contribution in [-0.4, -0.2) is 40.4 Å². The Morgan fingerprint density at radius 1 is 1.12 bits per heavy atom. The molecule has 1 aliphatic heterocycles. The van der Waals surface area contributed by atoms with Gasteiger partial charge < -0.3 is 10.2 Å². The first-order valence-electron chi connectivity index (χ1n) is 8.52. The third-order valence-corrected chi connectivity index (χ3v) is 4.80. The lowest BCUT2D eigenvalue weighted by Gasteiger charge is -2.15. The molecule has 3 heterocycles. The van der Waals surface area contributed by atoms with Gasteiger partial charge in [0.2, 0.25) is 5.91 Å². The first-order chi connectivity index (χ1) is 12.6. The molecule has 0 spiro atoms. The molecule has 6 nitrogen and oxygen atoms in total. The molecule has 1 fully saturated rings. The van der Waals surface area contributed by atoms with E-state index in [-0.39, 0.29) is 11.3 Å². The normalized spacial score (nSPS) is 14.3. The van der Waals surface area contributed by atoms with Crippen molar-refractivity contribution in [2.24, 2.45) is 0 Å². The van der Waals surface area contributed by atoms with Gasteiger partial charge in [0.1, 0.15) is 5.82 Å². The fourth-order valence-electron chi connectivity index (χ4n) is 3.23. The van der Waals surface area contributed by atoms with E-state index in [1.54, 1.807) is 24.4 Å². The van der Waals surface area contributed by atoms with Crippen molar-refractivity contribution in [1.29, 1.82) is 0 Å². The number of fused-ring (bicyclic) bond motifs is 2. The van der Waals surface area contributed by atoms with Gasteiger partial charge in [-0.2, -0.15) is 0 Å². The topological polar surface area (TPSA) is 75.2 Å². The third kappa shape index (κ3) is 3.20. The molecule has 1 N–H and O–H groups in total. The van der Waals surface area contributed by atoms with E-state index >= 15 is 0 Å². The highest BCUT2D eigenvalue weighted by atomic mass is 35.5. The smallest absolute Gasteiger partial charge is 0.222 e. The summed E-state index contributed by atoms with van der Waals surface area (Å²) < 4.78 is 0. The number of aromatic nitrogens is 2. The SMILES string of the molecule is O=C1CCCN1CCNc1cc2c(=O)c3cc(Cl)cnc3ccc2cn1. The number of likely N-dealkylation sites (tertiary alicyclic amines) is 1. The Morgan fingerprint density at radius 3 is 2.81 bits per heavy atom. The summed E-state index contributed by atoms with van der Waals surface area (Å²) in [6, 6.07) is 7.00. The molecule has 1 amide bonds. The lowest BCUT2D eigenvalue weighted by atomic mass is 10.2. The van der Waals surface area contributed by atoms with Gasteiger partial charge in [-0.15, -0.1) is 0 Å². The van der Waals surface area contributed by atoms with Gasteiger partial charge in [-0.05, 0) is 24.6 Å². The van der Waals surface area contributed by atoms with Crippen LogP contribution in [0, 0.1) is 0 Å². The zero-order valence-corrected chi connectivity index (χ0v) is 14.8. The minimum atomic E-state index is -0.129. The molecule has 132 valence electrons. The Hall–Kier alpha value is -2.73. The van der Waals surface area contributed by atoms with Gasteiger partial charge >= 0.3 is 0 Å². The minimum Gasteiger partial charge on any atom is -0.368 e. The number of amides is 1. The third-order valence-electron chi connectivity index (χ3n) is 4.59. The molecule has 3 aromatic rings. The highest BCUT2D eigenvalue weighted by Gasteiger charge is 2.19. The number of carbonyl (C=O) groups excluding carboxylic acids is 1. The molecule has 1 aliphatic rings. The van der Waals surface area contributed by atoms with Crippen LogP contribution in [0.15, 0.2) is 41.5 Å². The number of pyridine rings is 2. The van der Waals surface area contributed by atoms with Crippen molar-refractivity contribution in [2.45, 2.75) is 12.8 Å². The van der Waals surface area contributed by atoms with E-state index in [9.17, 15) is 9.59 Å². The molecular formula is C19H17ClN4O2. The molecule has 1 saturated heterocycles. The molecule has 0 unspecified atom stereocenters. The maximum Gasteiger partial charge on any atom is 0.222 e. The fraction of sp³-hybridized carbons (Fsp3) is 0.263. The van der Waals surface area contributed by atoms with Crippen LogP contribution in [0.25, 0.3) is 21.7 Å².